The number of ketones is 1. The van der Waals surface area contributed by atoms with Gasteiger partial charge in [0.2, 0.25) is 11.1 Å². The van der Waals surface area contributed by atoms with E-state index < -0.39 is 0 Å². The van der Waals surface area contributed by atoms with Crippen LogP contribution in [0.3, 0.4) is 0 Å². The lowest BCUT2D eigenvalue weighted by Crippen LogP contribution is -2.42. The third-order valence-corrected chi connectivity index (χ3v) is 5.05. The summed E-state index contributed by atoms with van der Waals surface area (Å²) in [5.74, 6) is 0.637. The molecule has 0 aromatic carbocycles. The number of nitrogens with zero attached hydrogens (tertiary/aromatic N) is 4. The summed E-state index contributed by atoms with van der Waals surface area (Å²) in [6.07, 6.45) is 8.19. The fourth-order valence-corrected chi connectivity index (χ4v) is 3.93. The summed E-state index contributed by atoms with van der Waals surface area (Å²) in [4.78, 5) is 21.7. The van der Waals surface area contributed by atoms with Crippen LogP contribution in [0.1, 0.15) is 31.9 Å². The highest BCUT2D eigenvalue weighted by Gasteiger charge is 2.45. The Labute approximate surface area is 144 Å². The Morgan fingerprint density at radius 3 is 2.96 bits per heavy atom. The number of rotatable bonds is 2. The zero-order chi connectivity index (χ0) is 16.9. The van der Waals surface area contributed by atoms with Gasteiger partial charge in [0.25, 0.3) is 0 Å². The predicted molar refractivity (Wildman–Crippen MR) is 92.8 cm³/mol. The van der Waals surface area contributed by atoms with Gasteiger partial charge in [-0.25, -0.2) is 4.68 Å². The average molecular weight is 341 g/mol. The van der Waals surface area contributed by atoms with Crippen LogP contribution < -0.4 is 5.32 Å². The van der Waals surface area contributed by atoms with E-state index in [4.69, 9.17) is 0 Å². The molecule has 4 rings (SSSR count). The number of Topliss-reactive ketones (excluding diaryl/α,β-unsaturated/α-hetero) is 1. The first-order valence-corrected chi connectivity index (χ1v) is 9.14. The zero-order valence-electron chi connectivity index (χ0n) is 13.9. The molecule has 124 valence electrons. The molecule has 2 aromatic heterocycles. The minimum absolute atomic E-state index is 0.153. The van der Waals surface area contributed by atoms with E-state index in [9.17, 15) is 4.79 Å². The normalized spacial score (nSPS) is 24.6. The minimum atomic E-state index is -0.272. The van der Waals surface area contributed by atoms with Crippen LogP contribution >= 0.6 is 11.8 Å². The van der Waals surface area contributed by atoms with E-state index in [1.807, 2.05) is 29.3 Å². The second kappa shape index (κ2) is 5.44. The van der Waals surface area contributed by atoms with Gasteiger partial charge in [-0.15, -0.1) is 5.10 Å². The molecule has 0 fully saturated rings. The Morgan fingerprint density at radius 2 is 2.25 bits per heavy atom. The number of hydrogen-bond donors (Lipinski definition) is 1. The van der Waals surface area contributed by atoms with Gasteiger partial charge in [-0.2, -0.15) is 4.98 Å². The predicted octanol–water partition coefficient (Wildman–Crippen LogP) is 2.91. The zero-order valence-corrected chi connectivity index (χ0v) is 14.7. The number of fused-ring (bicyclic) bond motifs is 2. The van der Waals surface area contributed by atoms with Crippen LogP contribution in [0.4, 0.5) is 5.95 Å². The number of carbonyl (C=O) groups is 1. The number of aromatic nitrogens is 4. The third-order valence-electron chi connectivity index (χ3n) is 4.51. The van der Waals surface area contributed by atoms with Gasteiger partial charge < -0.3 is 5.32 Å². The van der Waals surface area contributed by atoms with Crippen molar-refractivity contribution in [1.82, 2.24) is 19.7 Å². The first-order chi connectivity index (χ1) is 11.5. The van der Waals surface area contributed by atoms with Crippen molar-refractivity contribution in [2.24, 2.45) is 11.3 Å². The van der Waals surface area contributed by atoms with Gasteiger partial charge in [0.05, 0.1) is 12.0 Å². The Balaban J connectivity index is 1.91. The lowest BCUT2D eigenvalue weighted by atomic mass is 9.72. The van der Waals surface area contributed by atoms with Crippen molar-refractivity contribution in [2.75, 3.05) is 11.6 Å². The lowest BCUT2D eigenvalue weighted by molar-refractivity contribution is -0.125. The molecule has 2 aliphatic rings. The second-order valence-corrected chi connectivity index (χ2v) is 7.71. The molecule has 1 N–H and O–H groups in total. The highest BCUT2D eigenvalue weighted by Crippen LogP contribution is 2.45. The molecule has 0 saturated carbocycles. The maximum atomic E-state index is 12.9. The standard InChI is InChI=1S/C17H19N5OS/c1-17(2)7-11-13(12(23)8-17)14(10-5-4-6-18-9-10)22-15(19-11)20-16(21-22)24-3/h4-7,9,13-14H,8H2,1-3H3,(H,19,20,21)/t13-,14-/m0/s1. The quantitative estimate of drug-likeness (QED) is 0.847. The van der Waals surface area contributed by atoms with Crippen molar-refractivity contribution in [1.29, 1.82) is 0 Å². The molecule has 0 radical (unpaired) electrons. The Kier molecular flexibility index (Phi) is 3.49. The van der Waals surface area contributed by atoms with Gasteiger partial charge in [-0.05, 0) is 23.3 Å². The molecule has 0 unspecified atom stereocenters. The largest absolute Gasteiger partial charge is 0.328 e. The number of thioether (sulfide) groups is 1. The van der Waals surface area contributed by atoms with E-state index in [2.05, 4.69) is 40.3 Å². The number of hydrogen-bond acceptors (Lipinski definition) is 6. The van der Waals surface area contributed by atoms with Crippen molar-refractivity contribution < 1.29 is 4.79 Å². The number of allylic oxidation sites excluding steroid dienone is 2. The number of anilines is 1. The van der Waals surface area contributed by atoms with Gasteiger partial charge in [0.15, 0.2) is 0 Å². The summed E-state index contributed by atoms with van der Waals surface area (Å²) < 4.78 is 1.83. The number of pyridine rings is 1. The highest BCUT2D eigenvalue weighted by molar-refractivity contribution is 7.98. The molecule has 1 aliphatic heterocycles. The Morgan fingerprint density at radius 1 is 1.42 bits per heavy atom. The van der Waals surface area contributed by atoms with Gasteiger partial charge >= 0.3 is 0 Å². The van der Waals surface area contributed by atoms with Gasteiger partial charge in [0.1, 0.15) is 5.78 Å². The maximum Gasteiger partial charge on any atom is 0.227 e. The Hall–Kier alpha value is -2.15. The number of nitrogens with one attached hydrogen (secondary N) is 1. The van der Waals surface area contributed by atoms with Crippen molar-refractivity contribution in [2.45, 2.75) is 31.5 Å². The van der Waals surface area contributed by atoms with E-state index in [0.717, 1.165) is 11.3 Å². The van der Waals surface area contributed by atoms with Crippen LogP contribution in [0, 0.1) is 11.3 Å². The molecule has 24 heavy (non-hydrogen) atoms. The molecule has 7 heteroatoms. The van der Waals surface area contributed by atoms with E-state index in [-0.39, 0.29) is 23.2 Å². The fraction of sp³-hybridized carbons (Fsp3) is 0.412. The molecule has 0 amide bonds. The Bertz CT molecular complexity index is 827. The number of carbonyl (C=O) groups excluding carboxylic acids is 1. The molecule has 0 saturated heterocycles. The molecule has 2 atom stereocenters. The fourth-order valence-electron chi connectivity index (χ4n) is 3.58. The first kappa shape index (κ1) is 15.4. The van der Waals surface area contributed by atoms with Crippen LogP contribution in [0.2, 0.25) is 0 Å². The van der Waals surface area contributed by atoms with Crippen molar-refractivity contribution >= 4 is 23.5 Å². The van der Waals surface area contributed by atoms with Crippen LogP contribution in [-0.4, -0.2) is 31.8 Å². The molecule has 6 nitrogen and oxygen atoms in total. The second-order valence-electron chi connectivity index (χ2n) is 6.93. The van der Waals surface area contributed by atoms with Gasteiger partial charge in [-0.1, -0.05) is 37.8 Å². The van der Waals surface area contributed by atoms with Crippen molar-refractivity contribution in [3.8, 4) is 0 Å². The van der Waals surface area contributed by atoms with Crippen LogP contribution in [-0.2, 0) is 4.79 Å². The van der Waals surface area contributed by atoms with Gasteiger partial charge in [0, 0.05) is 24.5 Å². The summed E-state index contributed by atoms with van der Waals surface area (Å²) in [7, 11) is 0. The smallest absolute Gasteiger partial charge is 0.227 e. The molecule has 2 aromatic rings. The molecular formula is C17H19N5OS. The third kappa shape index (κ3) is 2.43. The summed E-state index contributed by atoms with van der Waals surface area (Å²) in [6.45, 7) is 4.17. The van der Waals surface area contributed by atoms with E-state index in [1.165, 1.54) is 11.8 Å². The van der Waals surface area contributed by atoms with E-state index >= 15 is 0 Å². The maximum absolute atomic E-state index is 12.9. The molecular weight excluding hydrogens is 322 g/mol. The molecule has 0 bridgehead atoms. The monoisotopic (exact) mass is 341 g/mol. The summed E-state index contributed by atoms with van der Waals surface area (Å²) in [5, 5.41) is 8.61. The van der Waals surface area contributed by atoms with Crippen LogP contribution in [0.5, 0.6) is 0 Å². The lowest BCUT2D eigenvalue weighted by Gasteiger charge is -2.39. The first-order valence-electron chi connectivity index (χ1n) is 7.91. The van der Waals surface area contributed by atoms with Crippen LogP contribution in [0.25, 0.3) is 0 Å². The van der Waals surface area contributed by atoms with Crippen molar-refractivity contribution in [3.05, 3.63) is 41.9 Å². The van der Waals surface area contributed by atoms with Crippen molar-refractivity contribution in [3.63, 3.8) is 0 Å². The van der Waals surface area contributed by atoms with Crippen LogP contribution in [0.15, 0.2) is 41.5 Å². The molecule has 3 heterocycles. The van der Waals surface area contributed by atoms with Gasteiger partial charge in [-0.3, -0.25) is 9.78 Å². The van der Waals surface area contributed by atoms with E-state index in [0.29, 0.717) is 17.5 Å². The average Bonchev–Trinajstić information content (AvgIpc) is 2.95. The SMILES string of the molecule is CSc1nc2n(n1)[C@@H](c1cccnc1)[C@@H]1C(=O)CC(C)(C)C=C1N2. The highest BCUT2D eigenvalue weighted by atomic mass is 32.2. The van der Waals surface area contributed by atoms with E-state index in [1.54, 1.807) is 6.20 Å². The molecule has 1 aliphatic carbocycles. The summed E-state index contributed by atoms with van der Waals surface area (Å²) in [5.41, 5.74) is 1.75. The molecule has 0 spiro atoms. The topological polar surface area (TPSA) is 72.7 Å². The summed E-state index contributed by atoms with van der Waals surface area (Å²) in [6, 6.07) is 3.68. The minimum Gasteiger partial charge on any atom is -0.328 e. The summed E-state index contributed by atoms with van der Waals surface area (Å²) >= 11 is 1.49.